The second-order valence-electron chi connectivity index (χ2n) is 7.30. The van der Waals surface area contributed by atoms with E-state index >= 15 is 0 Å². The maximum absolute atomic E-state index is 13.2. The number of benzene rings is 1. The highest BCUT2D eigenvalue weighted by molar-refractivity contribution is 5.68. The first-order valence-electron chi connectivity index (χ1n) is 10.0. The third kappa shape index (κ3) is 5.71. The Morgan fingerprint density at radius 1 is 0.970 bits per heavy atom. The first-order chi connectivity index (χ1) is 15.7. The number of rotatable bonds is 7. The molecule has 12 nitrogen and oxygen atoms in total. The van der Waals surface area contributed by atoms with E-state index in [0.29, 0.717) is 5.56 Å². The van der Waals surface area contributed by atoms with E-state index in [4.69, 9.17) is 18.9 Å². The Balaban J connectivity index is 2.02. The van der Waals surface area contributed by atoms with Gasteiger partial charge in [-0.05, 0) is 5.56 Å². The highest BCUT2D eigenvalue weighted by Crippen LogP contribution is 2.33. The molecule has 1 aromatic heterocycles. The van der Waals surface area contributed by atoms with Crippen molar-refractivity contribution in [3.63, 3.8) is 0 Å². The molecule has 0 N–H and O–H groups in total. The lowest BCUT2D eigenvalue weighted by Crippen LogP contribution is -2.46. The maximum Gasteiger partial charge on any atom is 0.350 e. The van der Waals surface area contributed by atoms with Crippen molar-refractivity contribution in [3.8, 4) is 0 Å². The van der Waals surface area contributed by atoms with E-state index in [9.17, 15) is 24.0 Å². The van der Waals surface area contributed by atoms with Gasteiger partial charge in [-0.25, -0.2) is 4.79 Å². The summed E-state index contributed by atoms with van der Waals surface area (Å²) in [6.45, 7) is 3.10. The molecular formula is C21H23N3O9. The van der Waals surface area contributed by atoms with Crippen LogP contribution in [0.15, 0.2) is 46.1 Å². The minimum absolute atomic E-state index is 0.0315. The van der Waals surface area contributed by atoms with E-state index in [-0.39, 0.29) is 13.2 Å². The molecule has 0 spiro atoms. The number of esters is 3. The summed E-state index contributed by atoms with van der Waals surface area (Å²) in [5, 5.41) is 3.87. The summed E-state index contributed by atoms with van der Waals surface area (Å²) >= 11 is 0. The third-order valence-electron chi connectivity index (χ3n) is 4.75. The van der Waals surface area contributed by atoms with Gasteiger partial charge in [0, 0.05) is 20.8 Å². The summed E-state index contributed by atoms with van der Waals surface area (Å²) in [4.78, 5) is 60.2. The van der Waals surface area contributed by atoms with Gasteiger partial charge in [-0.1, -0.05) is 30.3 Å². The van der Waals surface area contributed by atoms with Crippen molar-refractivity contribution in [1.82, 2.24) is 14.3 Å². The molecule has 1 aliphatic rings. The van der Waals surface area contributed by atoms with Crippen LogP contribution in [-0.4, -0.2) is 57.2 Å². The van der Waals surface area contributed by atoms with Crippen LogP contribution in [-0.2, 0) is 39.9 Å². The van der Waals surface area contributed by atoms with Gasteiger partial charge in [-0.3, -0.25) is 23.7 Å². The van der Waals surface area contributed by atoms with Crippen LogP contribution in [0.3, 0.4) is 0 Å². The van der Waals surface area contributed by atoms with Crippen LogP contribution >= 0.6 is 0 Å². The van der Waals surface area contributed by atoms with Gasteiger partial charge in [0.25, 0.3) is 5.56 Å². The van der Waals surface area contributed by atoms with Gasteiger partial charge in [0.1, 0.15) is 18.9 Å². The number of ether oxygens (including phenoxy) is 4. The minimum atomic E-state index is -1.35. The van der Waals surface area contributed by atoms with E-state index in [1.807, 2.05) is 0 Å². The monoisotopic (exact) mass is 461 g/mol. The molecule has 0 radical (unpaired) electrons. The fourth-order valence-corrected chi connectivity index (χ4v) is 3.42. The quantitative estimate of drug-likeness (QED) is 0.401. The van der Waals surface area contributed by atoms with E-state index in [2.05, 4.69) is 5.10 Å². The van der Waals surface area contributed by atoms with Gasteiger partial charge in [0.05, 0.1) is 6.54 Å². The topological polar surface area (TPSA) is 145 Å². The molecule has 0 aliphatic carbocycles. The molecule has 12 heteroatoms. The SMILES string of the molecule is CC(=O)OC[C@H]1O[C@@H](n2ncc(=O)n(Cc3ccccc3)c2=O)[C@@H](OC(C)=O)[C@H]1OC(C)=O. The zero-order valence-corrected chi connectivity index (χ0v) is 18.2. The second-order valence-corrected chi connectivity index (χ2v) is 7.30. The average molecular weight is 461 g/mol. The summed E-state index contributed by atoms with van der Waals surface area (Å²) in [5.41, 5.74) is -0.776. The molecule has 1 aromatic carbocycles. The number of nitrogens with zero attached hydrogens (tertiary/aromatic N) is 3. The minimum Gasteiger partial charge on any atom is -0.463 e. The fraction of sp³-hybridized carbons (Fsp3) is 0.429. The summed E-state index contributed by atoms with van der Waals surface area (Å²) in [6, 6.07) is 8.82. The highest BCUT2D eigenvalue weighted by atomic mass is 16.7. The van der Waals surface area contributed by atoms with E-state index in [0.717, 1.165) is 29.3 Å². The lowest BCUT2D eigenvalue weighted by molar-refractivity contribution is -0.166. The molecule has 1 fully saturated rings. The second kappa shape index (κ2) is 10.2. The van der Waals surface area contributed by atoms with Crippen LogP contribution in [0.1, 0.15) is 32.6 Å². The van der Waals surface area contributed by atoms with Crippen LogP contribution in [0.5, 0.6) is 0 Å². The largest absolute Gasteiger partial charge is 0.463 e. The van der Waals surface area contributed by atoms with Crippen molar-refractivity contribution in [1.29, 1.82) is 0 Å². The number of carbonyl (C=O) groups is 3. The zero-order valence-electron chi connectivity index (χ0n) is 18.2. The van der Waals surface area contributed by atoms with Crippen molar-refractivity contribution in [2.75, 3.05) is 6.61 Å². The van der Waals surface area contributed by atoms with Crippen molar-refractivity contribution in [3.05, 3.63) is 62.9 Å². The molecule has 0 saturated carbocycles. The van der Waals surface area contributed by atoms with E-state index in [1.165, 1.54) is 6.92 Å². The Morgan fingerprint density at radius 3 is 2.21 bits per heavy atom. The van der Waals surface area contributed by atoms with E-state index < -0.39 is 53.7 Å². The molecular weight excluding hydrogens is 438 g/mol. The standard InChI is InChI=1S/C21H23N3O9/c1-12(25)30-11-16-18(31-13(2)26)19(32-14(3)27)20(33-16)24-21(29)23(17(28)9-22-24)10-15-7-5-4-6-8-15/h4-9,16,18-20H,10-11H2,1-3H3/t16-,18+,19+,20-/m1/s1. The first-order valence-corrected chi connectivity index (χ1v) is 10.0. The van der Waals surface area contributed by atoms with Crippen LogP contribution < -0.4 is 11.2 Å². The first kappa shape index (κ1) is 23.9. The highest BCUT2D eigenvalue weighted by Gasteiger charge is 2.51. The molecule has 1 saturated heterocycles. The fourth-order valence-electron chi connectivity index (χ4n) is 3.42. The lowest BCUT2D eigenvalue weighted by Gasteiger charge is -2.23. The average Bonchev–Trinajstić information content (AvgIpc) is 3.06. The Bertz CT molecular complexity index is 1140. The van der Waals surface area contributed by atoms with Crippen molar-refractivity contribution in [2.24, 2.45) is 0 Å². The molecule has 2 heterocycles. The van der Waals surface area contributed by atoms with Crippen molar-refractivity contribution in [2.45, 2.75) is 51.9 Å². The van der Waals surface area contributed by atoms with Gasteiger partial charge in [-0.2, -0.15) is 9.78 Å². The number of hydrogen-bond acceptors (Lipinski definition) is 10. The molecule has 0 bridgehead atoms. The molecule has 33 heavy (non-hydrogen) atoms. The lowest BCUT2D eigenvalue weighted by atomic mass is 10.1. The molecule has 1 aliphatic heterocycles. The molecule has 4 atom stereocenters. The van der Waals surface area contributed by atoms with Gasteiger partial charge in [0.2, 0.25) is 0 Å². The van der Waals surface area contributed by atoms with Crippen LogP contribution in [0.25, 0.3) is 0 Å². The van der Waals surface area contributed by atoms with E-state index in [1.54, 1.807) is 30.3 Å². The number of hydrogen-bond donors (Lipinski definition) is 0. The predicted octanol–water partition coefficient (Wildman–Crippen LogP) is -0.223. The maximum atomic E-state index is 13.2. The predicted molar refractivity (Wildman–Crippen MR) is 110 cm³/mol. The van der Waals surface area contributed by atoms with Gasteiger partial charge >= 0.3 is 23.6 Å². The van der Waals surface area contributed by atoms with Gasteiger partial charge in [-0.15, -0.1) is 0 Å². The van der Waals surface area contributed by atoms with Crippen LogP contribution in [0, 0.1) is 0 Å². The van der Waals surface area contributed by atoms with Crippen LogP contribution in [0.4, 0.5) is 0 Å². The number of aromatic nitrogens is 3. The smallest absolute Gasteiger partial charge is 0.350 e. The Morgan fingerprint density at radius 2 is 1.61 bits per heavy atom. The summed E-state index contributed by atoms with van der Waals surface area (Å²) < 4.78 is 23.1. The van der Waals surface area contributed by atoms with Crippen molar-refractivity contribution >= 4 is 17.9 Å². The third-order valence-corrected chi connectivity index (χ3v) is 4.75. The summed E-state index contributed by atoms with van der Waals surface area (Å²) in [7, 11) is 0. The Labute approximate surface area is 187 Å². The summed E-state index contributed by atoms with van der Waals surface area (Å²) in [6.07, 6.45) is -3.97. The van der Waals surface area contributed by atoms with Crippen LogP contribution in [0.2, 0.25) is 0 Å². The molecule has 0 amide bonds. The molecule has 0 unspecified atom stereocenters. The Hall–Kier alpha value is -3.80. The Kier molecular flexibility index (Phi) is 7.38. The zero-order chi connectivity index (χ0) is 24.1. The molecule has 176 valence electrons. The summed E-state index contributed by atoms with van der Waals surface area (Å²) in [5.74, 6) is -2.05. The van der Waals surface area contributed by atoms with Gasteiger partial charge in [0.15, 0.2) is 18.4 Å². The molecule has 3 rings (SSSR count). The normalized spacial score (nSPS) is 21.9. The van der Waals surface area contributed by atoms with Crippen molar-refractivity contribution < 1.29 is 33.3 Å². The molecule has 2 aromatic rings. The number of carbonyl (C=O) groups excluding carboxylic acids is 3. The van der Waals surface area contributed by atoms with Gasteiger partial charge < -0.3 is 18.9 Å².